The number of hydrogen-bond acceptors (Lipinski definition) is 6. The molecule has 0 heterocycles. The highest BCUT2D eigenvalue weighted by molar-refractivity contribution is 5.98. The molecule has 0 saturated heterocycles. The summed E-state index contributed by atoms with van der Waals surface area (Å²) in [6, 6.07) is 24.4. The van der Waals surface area contributed by atoms with Crippen molar-refractivity contribution in [3.05, 3.63) is 102 Å². The van der Waals surface area contributed by atoms with Crippen molar-refractivity contribution >= 4 is 23.6 Å². The Kier molecular flexibility index (Phi) is 8.07. The molecule has 0 spiro atoms. The molecule has 0 saturated carbocycles. The molecular formula is C26H23NO6. The van der Waals surface area contributed by atoms with Gasteiger partial charge in [-0.15, -0.1) is 0 Å². The van der Waals surface area contributed by atoms with Crippen LogP contribution in [0.3, 0.4) is 0 Å². The zero-order valence-electron chi connectivity index (χ0n) is 18.0. The van der Waals surface area contributed by atoms with E-state index in [1.165, 1.54) is 31.2 Å². The lowest BCUT2D eigenvalue weighted by Gasteiger charge is -2.17. The highest BCUT2D eigenvalue weighted by Crippen LogP contribution is 2.24. The van der Waals surface area contributed by atoms with E-state index in [-0.39, 0.29) is 12.5 Å². The summed E-state index contributed by atoms with van der Waals surface area (Å²) in [5.41, 5.74) is 1.89. The van der Waals surface area contributed by atoms with Crippen molar-refractivity contribution < 1.29 is 28.7 Å². The molecule has 3 aromatic carbocycles. The van der Waals surface area contributed by atoms with Crippen molar-refractivity contribution in [1.29, 1.82) is 0 Å². The maximum atomic E-state index is 12.9. The fourth-order valence-corrected chi connectivity index (χ4v) is 3.20. The van der Waals surface area contributed by atoms with Crippen molar-refractivity contribution in [1.82, 2.24) is 5.32 Å². The van der Waals surface area contributed by atoms with Gasteiger partial charge in [-0.05, 0) is 35.4 Å². The molecule has 0 aliphatic rings. The van der Waals surface area contributed by atoms with E-state index in [4.69, 9.17) is 9.47 Å². The molecule has 0 bridgehead atoms. The van der Waals surface area contributed by atoms with Crippen LogP contribution < -0.4 is 10.1 Å². The van der Waals surface area contributed by atoms with Gasteiger partial charge >= 0.3 is 11.9 Å². The third kappa shape index (κ3) is 6.87. The van der Waals surface area contributed by atoms with Crippen molar-refractivity contribution in [3.8, 4) is 5.75 Å². The van der Waals surface area contributed by atoms with Gasteiger partial charge in [0.25, 0.3) is 0 Å². The highest BCUT2D eigenvalue weighted by atomic mass is 16.5. The summed E-state index contributed by atoms with van der Waals surface area (Å²) < 4.78 is 9.91. The van der Waals surface area contributed by atoms with Gasteiger partial charge in [0.2, 0.25) is 5.91 Å². The quantitative estimate of drug-likeness (QED) is 0.308. The number of benzene rings is 3. The minimum absolute atomic E-state index is 0.302. The van der Waals surface area contributed by atoms with Gasteiger partial charge < -0.3 is 14.8 Å². The number of hydrogen-bond donors (Lipinski definition) is 1. The van der Waals surface area contributed by atoms with Crippen LogP contribution in [0.2, 0.25) is 0 Å². The molecule has 3 aromatic rings. The number of Topliss-reactive ketones (excluding diaryl/α,β-unsaturated/α-hetero) is 1. The van der Waals surface area contributed by atoms with Crippen LogP contribution >= 0.6 is 0 Å². The minimum Gasteiger partial charge on any atom is -0.456 e. The van der Waals surface area contributed by atoms with Crippen molar-refractivity contribution in [2.75, 3.05) is 13.2 Å². The number of ketones is 1. The number of rotatable bonds is 9. The molecule has 1 N–H and O–H groups in total. The Morgan fingerprint density at radius 1 is 0.788 bits per heavy atom. The Bertz CT molecular complexity index is 1070. The maximum Gasteiger partial charge on any atom is 0.325 e. The van der Waals surface area contributed by atoms with Crippen molar-refractivity contribution in [2.45, 2.75) is 12.8 Å². The minimum atomic E-state index is -0.729. The molecule has 0 aliphatic heterocycles. The molecule has 0 aliphatic carbocycles. The number of carbonyl (C=O) groups excluding carboxylic acids is 4. The molecule has 168 valence electrons. The molecule has 0 atom stereocenters. The molecule has 0 radical (unpaired) electrons. The maximum absolute atomic E-state index is 12.9. The predicted octanol–water partition coefficient (Wildman–Crippen LogP) is 3.29. The normalized spacial score (nSPS) is 10.4. The second-order valence-corrected chi connectivity index (χ2v) is 7.17. The fraction of sp³-hybridized carbons (Fsp3) is 0.154. The van der Waals surface area contributed by atoms with E-state index in [9.17, 15) is 19.2 Å². The van der Waals surface area contributed by atoms with Crippen molar-refractivity contribution in [3.63, 3.8) is 0 Å². The fourth-order valence-electron chi connectivity index (χ4n) is 3.20. The first kappa shape index (κ1) is 23.4. The van der Waals surface area contributed by atoms with Crippen LogP contribution in [-0.2, 0) is 19.1 Å². The molecule has 7 heteroatoms. The monoisotopic (exact) mass is 445 g/mol. The molecular weight excluding hydrogens is 422 g/mol. The van der Waals surface area contributed by atoms with Gasteiger partial charge in [-0.25, -0.2) is 0 Å². The summed E-state index contributed by atoms with van der Waals surface area (Å²) in [5, 5.41) is 2.60. The van der Waals surface area contributed by atoms with Gasteiger partial charge in [0.15, 0.2) is 12.4 Å². The van der Waals surface area contributed by atoms with E-state index in [1.807, 2.05) is 60.7 Å². The van der Waals surface area contributed by atoms with Gasteiger partial charge in [0.05, 0.1) is 5.92 Å². The summed E-state index contributed by atoms with van der Waals surface area (Å²) in [7, 11) is 0. The van der Waals surface area contributed by atoms with Crippen LogP contribution in [0, 0.1) is 0 Å². The second-order valence-electron chi connectivity index (χ2n) is 7.17. The SMILES string of the molecule is CC(=O)Oc1ccc(C(=O)COC(=O)CNC(=O)C(c2ccccc2)c2ccccc2)cc1. The lowest BCUT2D eigenvalue weighted by Crippen LogP contribution is -2.35. The van der Waals surface area contributed by atoms with E-state index in [0.717, 1.165) is 11.1 Å². The van der Waals surface area contributed by atoms with Gasteiger partial charge in [0.1, 0.15) is 12.3 Å². The summed E-state index contributed by atoms with van der Waals surface area (Å²) >= 11 is 0. The molecule has 1 amide bonds. The third-order valence-electron chi connectivity index (χ3n) is 4.74. The summed E-state index contributed by atoms with van der Waals surface area (Å²) in [4.78, 5) is 48.2. The van der Waals surface area contributed by atoms with Gasteiger partial charge in [-0.3, -0.25) is 19.2 Å². The Labute approximate surface area is 191 Å². The number of carbonyl (C=O) groups is 4. The average molecular weight is 445 g/mol. The first-order valence-electron chi connectivity index (χ1n) is 10.3. The largest absolute Gasteiger partial charge is 0.456 e. The lowest BCUT2D eigenvalue weighted by molar-refractivity contribution is -0.142. The zero-order chi connectivity index (χ0) is 23.6. The van der Waals surface area contributed by atoms with E-state index in [0.29, 0.717) is 11.3 Å². The van der Waals surface area contributed by atoms with Crippen molar-refractivity contribution in [2.24, 2.45) is 0 Å². The smallest absolute Gasteiger partial charge is 0.325 e. The molecule has 0 fully saturated rings. The van der Waals surface area contributed by atoms with E-state index in [2.05, 4.69) is 5.32 Å². The standard InChI is InChI=1S/C26H23NO6/c1-18(28)33-22-14-12-19(13-15-22)23(29)17-32-24(30)16-27-26(31)25(20-8-4-2-5-9-20)21-10-6-3-7-11-21/h2-15,25H,16-17H2,1H3,(H,27,31). The van der Waals surface area contributed by atoms with Gasteiger partial charge in [-0.1, -0.05) is 60.7 Å². The lowest BCUT2D eigenvalue weighted by atomic mass is 9.90. The Morgan fingerprint density at radius 3 is 1.85 bits per heavy atom. The summed E-state index contributed by atoms with van der Waals surface area (Å²) in [5.74, 6) is -2.24. The van der Waals surface area contributed by atoms with Crippen LogP contribution in [0.4, 0.5) is 0 Å². The number of amides is 1. The van der Waals surface area contributed by atoms with Crippen LogP contribution in [0.15, 0.2) is 84.9 Å². The molecule has 0 aromatic heterocycles. The highest BCUT2D eigenvalue weighted by Gasteiger charge is 2.23. The average Bonchev–Trinajstić information content (AvgIpc) is 2.83. The van der Waals surface area contributed by atoms with E-state index >= 15 is 0 Å². The van der Waals surface area contributed by atoms with Gasteiger partial charge in [-0.2, -0.15) is 0 Å². The van der Waals surface area contributed by atoms with Crippen LogP contribution in [-0.4, -0.2) is 36.8 Å². The predicted molar refractivity (Wildman–Crippen MR) is 121 cm³/mol. The van der Waals surface area contributed by atoms with E-state index in [1.54, 1.807) is 0 Å². The first-order valence-corrected chi connectivity index (χ1v) is 10.3. The Balaban J connectivity index is 1.54. The number of esters is 2. The van der Waals surface area contributed by atoms with Crippen LogP contribution in [0.5, 0.6) is 5.75 Å². The van der Waals surface area contributed by atoms with Crippen LogP contribution in [0.25, 0.3) is 0 Å². The number of ether oxygens (including phenoxy) is 2. The topological polar surface area (TPSA) is 98.8 Å². The molecule has 33 heavy (non-hydrogen) atoms. The third-order valence-corrected chi connectivity index (χ3v) is 4.74. The Morgan fingerprint density at radius 2 is 1.33 bits per heavy atom. The first-order chi connectivity index (χ1) is 15.9. The molecule has 3 rings (SSSR count). The summed E-state index contributed by atoms with van der Waals surface area (Å²) in [6.45, 7) is 0.440. The molecule has 0 unspecified atom stereocenters. The zero-order valence-corrected chi connectivity index (χ0v) is 18.0. The summed E-state index contributed by atoms with van der Waals surface area (Å²) in [6.07, 6.45) is 0. The van der Waals surface area contributed by atoms with E-state index < -0.39 is 30.2 Å². The Hall–Kier alpha value is -4.26. The van der Waals surface area contributed by atoms with Gasteiger partial charge in [0, 0.05) is 12.5 Å². The molecule has 7 nitrogen and oxygen atoms in total. The van der Waals surface area contributed by atoms with Crippen LogP contribution in [0.1, 0.15) is 34.3 Å². The number of nitrogens with one attached hydrogen (secondary N) is 1. The second kappa shape index (κ2) is 11.4.